The summed E-state index contributed by atoms with van der Waals surface area (Å²) in [6.07, 6.45) is 0. The van der Waals surface area contributed by atoms with Crippen LogP contribution in [0.15, 0.2) is 255 Å². The number of hydrogen-bond donors (Lipinski definition) is 0. The van der Waals surface area contributed by atoms with Crippen molar-refractivity contribution in [2.75, 3.05) is 9.80 Å². The molecule has 2 aliphatic heterocycles. The van der Waals surface area contributed by atoms with Crippen LogP contribution in [0.1, 0.15) is 112 Å². The van der Waals surface area contributed by atoms with E-state index in [9.17, 15) is 2.74 Å². The summed E-state index contributed by atoms with van der Waals surface area (Å²) in [6.45, 7) is 27.2. The van der Waals surface area contributed by atoms with Crippen molar-refractivity contribution in [3.63, 3.8) is 0 Å². The van der Waals surface area contributed by atoms with Crippen LogP contribution in [0.25, 0.3) is 92.2 Å². The Hall–Kier alpha value is -9.68. The Morgan fingerprint density at radius 3 is 1.41 bits per heavy atom. The highest BCUT2D eigenvalue weighted by molar-refractivity contribution is 7.26. The maximum absolute atomic E-state index is 9.56. The summed E-state index contributed by atoms with van der Waals surface area (Å²) in [5, 5.41) is 4.82. The third-order valence-corrected chi connectivity index (χ3v) is 20.8. The molecule has 12 aromatic carbocycles. The van der Waals surface area contributed by atoms with Gasteiger partial charge in [0.1, 0.15) is 0 Å². The number of hydrogen-bond acceptors (Lipinski definition) is 3. The van der Waals surface area contributed by atoms with Gasteiger partial charge >= 0.3 is 0 Å². The van der Waals surface area contributed by atoms with Crippen LogP contribution in [0.3, 0.4) is 0 Å². The molecule has 0 unspecified atom stereocenters. The van der Waals surface area contributed by atoms with Crippen molar-refractivity contribution >= 4 is 111 Å². The minimum absolute atomic E-state index is 0.0797. The van der Waals surface area contributed by atoms with Gasteiger partial charge in [-0.2, -0.15) is 0 Å². The van der Waals surface area contributed by atoms with Crippen LogP contribution < -0.4 is 26.2 Å². The second kappa shape index (κ2) is 21.4. The molecule has 3 nitrogen and oxygen atoms in total. The topological polar surface area (TPSA) is 11.4 Å². The number of aromatic nitrogens is 1. The third-order valence-electron chi connectivity index (χ3n) is 19.6. The first-order chi connectivity index (χ1) is 46.7. The van der Waals surface area contributed by atoms with Gasteiger partial charge in [0, 0.05) is 70.5 Å². The van der Waals surface area contributed by atoms with Crippen LogP contribution in [0.2, 0.25) is 0 Å². The molecule has 14 aromatic rings. The highest BCUT2D eigenvalue weighted by atomic mass is 32.1. The van der Waals surface area contributed by atoms with Gasteiger partial charge in [0.2, 0.25) is 0 Å². The first kappa shape index (κ1) is 52.9. The summed E-state index contributed by atoms with van der Waals surface area (Å²) < 4.78 is 50.9. The standard InChI is InChI=1S/C88H78BN3S/c1-85(2,3)61-38-43-73-69(48-61)70-49-62(86(4,5)6)39-44-74(70)90(73)65-40-42-72-76(54-65)91(77-46-60(56-29-19-14-20-30-56)47-81-82(77)66-35-25-26-36-80(66)93-81)78-52-64(88(10,11)12)53-79-83(78)89(72)71-41-37-59(55-27-17-13-18-28-55)45-75(71)92(79)84-67(57-31-21-15-22-32-57)50-63(87(7,8)9)51-68(84)58-33-23-16-24-34-58/h13-54H,1-12H3/i13D,17D,18D,27D,28D. The molecule has 0 atom stereocenters. The molecular weight excluding hydrogens is 1140 g/mol. The molecule has 0 saturated carbocycles. The Labute approximate surface area is 560 Å². The van der Waals surface area contributed by atoms with E-state index >= 15 is 0 Å². The summed E-state index contributed by atoms with van der Waals surface area (Å²) >= 11 is 1.84. The van der Waals surface area contributed by atoms with Crippen LogP contribution in [0, 0.1) is 0 Å². The Kier molecular flexibility index (Phi) is 12.2. The molecule has 0 aliphatic carbocycles. The lowest BCUT2D eigenvalue weighted by molar-refractivity contribution is 0.590. The monoisotopic (exact) mass is 1220 g/mol. The van der Waals surface area contributed by atoms with Crippen LogP contribution in [-0.2, 0) is 21.7 Å². The van der Waals surface area contributed by atoms with Gasteiger partial charge in [-0.25, -0.2) is 0 Å². The van der Waals surface area contributed by atoms with Crippen molar-refractivity contribution in [2.24, 2.45) is 0 Å². The van der Waals surface area contributed by atoms with E-state index in [1.165, 1.54) is 47.6 Å². The van der Waals surface area contributed by atoms with Gasteiger partial charge in [0.05, 0.1) is 29.3 Å². The van der Waals surface area contributed by atoms with Crippen molar-refractivity contribution in [1.29, 1.82) is 0 Å². The maximum Gasteiger partial charge on any atom is 0.252 e. The average Bonchev–Trinajstić information content (AvgIpc) is 0.694. The molecule has 93 heavy (non-hydrogen) atoms. The Balaban J connectivity index is 1.09. The lowest BCUT2D eigenvalue weighted by atomic mass is 9.33. The average molecular weight is 1230 g/mol. The van der Waals surface area contributed by atoms with Crippen LogP contribution in [0.5, 0.6) is 0 Å². The first-order valence-electron chi connectivity index (χ1n) is 35.3. The van der Waals surface area contributed by atoms with Gasteiger partial charge in [-0.15, -0.1) is 11.3 Å². The lowest BCUT2D eigenvalue weighted by Crippen LogP contribution is -2.61. The fourth-order valence-corrected chi connectivity index (χ4v) is 15.8. The maximum atomic E-state index is 9.56. The zero-order valence-electron chi connectivity index (χ0n) is 60.2. The molecule has 0 bridgehead atoms. The predicted molar refractivity (Wildman–Crippen MR) is 404 cm³/mol. The van der Waals surface area contributed by atoms with E-state index in [1.54, 1.807) is 0 Å². The van der Waals surface area contributed by atoms with Gasteiger partial charge < -0.3 is 14.4 Å². The summed E-state index contributed by atoms with van der Waals surface area (Å²) in [6, 6.07) is 81.8. The van der Waals surface area contributed by atoms with Gasteiger partial charge in [0.25, 0.3) is 6.71 Å². The highest BCUT2D eigenvalue weighted by Gasteiger charge is 2.46. The second-order valence-corrected chi connectivity index (χ2v) is 30.9. The molecule has 0 N–H and O–H groups in total. The summed E-state index contributed by atoms with van der Waals surface area (Å²) in [5.41, 5.74) is 23.8. The van der Waals surface area contributed by atoms with E-state index in [0.29, 0.717) is 5.56 Å². The molecule has 4 heterocycles. The Bertz CT molecular complexity index is 5470. The van der Waals surface area contributed by atoms with E-state index in [0.717, 1.165) is 106 Å². The van der Waals surface area contributed by atoms with Gasteiger partial charge in [-0.05, 0) is 179 Å². The van der Waals surface area contributed by atoms with Crippen LogP contribution in [-0.4, -0.2) is 11.3 Å². The quantitative estimate of drug-likeness (QED) is 0.147. The summed E-state index contributed by atoms with van der Waals surface area (Å²) in [4.78, 5) is 5.13. The zero-order chi connectivity index (χ0) is 68.4. The van der Waals surface area contributed by atoms with Gasteiger partial charge in [-0.1, -0.05) is 253 Å². The SMILES string of the molecule is [2H]c1c([2H])c([2H])c(-c2ccc3c(c2)N(c2c(-c4ccccc4)cc(C(C)(C)C)cc2-c2ccccc2)c2cc(C(C)(C)C)cc4c2B3c2ccc(-n3c5ccc(C(C)(C)C)cc5c5cc(C(C)(C)C)ccc53)cc2N4c2cc(-c3ccccc3)cc3sc4ccccc4c23)c([2H])c1[2H]. The van der Waals surface area contributed by atoms with Crippen molar-refractivity contribution in [2.45, 2.75) is 105 Å². The van der Waals surface area contributed by atoms with Crippen molar-refractivity contribution in [1.82, 2.24) is 4.57 Å². The minimum Gasteiger partial charge on any atom is -0.311 e. The third kappa shape index (κ3) is 9.76. The number of fused-ring (bicyclic) bond motifs is 10. The zero-order valence-corrected chi connectivity index (χ0v) is 56.0. The fraction of sp³-hybridized carbons (Fsp3) is 0.182. The number of benzene rings is 12. The largest absolute Gasteiger partial charge is 0.311 e. The van der Waals surface area contributed by atoms with Crippen molar-refractivity contribution in [3.8, 4) is 50.2 Å². The fourth-order valence-electron chi connectivity index (χ4n) is 14.6. The lowest BCUT2D eigenvalue weighted by Gasteiger charge is -2.46. The van der Waals surface area contributed by atoms with E-state index in [1.807, 2.05) is 17.4 Å². The van der Waals surface area contributed by atoms with Gasteiger partial charge in [0.15, 0.2) is 0 Å². The molecule has 0 fully saturated rings. The molecule has 0 radical (unpaired) electrons. The Morgan fingerprint density at radius 2 is 0.839 bits per heavy atom. The number of rotatable bonds is 7. The van der Waals surface area contributed by atoms with Gasteiger partial charge in [-0.3, -0.25) is 0 Å². The molecule has 0 amide bonds. The normalized spacial score (nSPS) is 14.1. The van der Waals surface area contributed by atoms with E-state index in [-0.39, 0.29) is 52.7 Å². The molecule has 2 aliphatic rings. The molecule has 0 spiro atoms. The van der Waals surface area contributed by atoms with Crippen LogP contribution in [0.4, 0.5) is 34.1 Å². The number of anilines is 6. The predicted octanol–water partition coefficient (Wildman–Crippen LogP) is 23.1. The van der Waals surface area contributed by atoms with E-state index in [4.69, 9.17) is 4.11 Å². The molecule has 5 heteroatoms. The van der Waals surface area contributed by atoms with E-state index in [2.05, 4.69) is 316 Å². The number of thiophene rings is 1. The first-order valence-corrected chi connectivity index (χ1v) is 33.6. The Morgan fingerprint density at radius 1 is 0.344 bits per heavy atom. The second-order valence-electron chi connectivity index (χ2n) is 29.8. The van der Waals surface area contributed by atoms with Crippen molar-refractivity contribution < 1.29 is 6.85 Å². The number of nitrogens with zero attached hydrogens (tertiary/aromatic N) is 3. The molecule has 2 aromatic heterocycles. The van der Waals surface area contributed by atoms with Crippen molar-refractivity contribution in [3.05, 3.63) is 277 Å². The van der Waals surface area contributed by atoms with Crippen LogP contribution >= 0.6 is 11.3 Å². The molecule has 454 valence electrons. The minimum atomic E-state index is -0.423. The molecule has 0 saturated heterocycles. The molecule has 16 rings (SSSR count). The van der Waals surface area contributed by atoms with E-state index < -0.39 is 11.5 Å². The highest BCUT2D eigenvalue weighted by Crippen LogP contribution is 2.55. The smallest absolute Gasteiger partial charge is 0.252 e. The summed E-state index contributed by atoms with van der Waals surface area (Å²) in [7, 11) is 0. The molecular formula is C88H78BN3S. The summed E-state index contributed by atoms with van der Waals surface area (Å²) in [5.74, 6) is 0.